The second kappa shape index (κ2) is 43.8. The van der Waals surface area contributed by atoms with E-state index in [-0.39, 0.29) is 32.6 Å². The lowest BCUT2D eigenvalue weighted by atomic mass is 10.0. The van der Waals surface area contributed by atoms with Crippen LogP contribution < -0.4 is 5.73 Å². The number of carbonyl (C=O) groups is 2. The molecular weight excluding hydrogens is 737 g/mol. The number of esters is 2. The van der Waals surface area contributed by atoms with Crippen molar-refractivity contribution in [1.29, 1.82) is 0 Å². The second-order valence-electron chi connectivity index (χ2n) is 15.6. The van der Waals surface area contributed by atoms with Crippen molar-refractivity contribution in [2.24, 2.45) is 5.73 Å². The predicted octanol–water partition coefficient (Wildman–Crippen LogP) is 13.7. The summed E-state index contributed by atoms with van der Waals surface area (Å²) >= 11 is 0. The van der Waals surface area contributed by atoms with Gasteiger partial charge in [0.15, 0.2) is 6.10 Å². The number of phosphoric acid groups is 1. The quantitative estimate of drug-likeness (QED) is 0.0266. The van der Waals surface area contributed by atoms with Gasteiger partial charge in [-0.3, -0.25) is 18.6 Å². The molecule has 10 heteroatoms. The molecule has 0 spiro atoms. The Hall–Kier alpha value is -1.77. The third-order valence-corrected chi connectivity index (χ3v) is 11.0. The van der Waals surface area contributed by atoms with E-state index in [1.165, 1.54) is 116 Å². The molecule has 0 fully saturated rings. The lowest BCUT2D eigenvalue weighted by molar-refractivity contribution is -0.161. The van der Waals surface area contributed by atoms with Crippen LogP contribution in [0.5, 0.6) is 0 Å². The van der Waals surface area contributed by atoms with Crippen LogP contribution in [0, 0.1) is 0 Å². The van der Waals surface area contributed by atoms with Gasteiger partial charge in [-0.1, -0.05) is 179 Å². The molecule has 0 aliphatic heterocycles. The van der Waals surface area contributed by atoms with Crippen molar-refractivity contribution >= 4 is 19.8 Å². The van der Waals surface area contributed by atoms with E-state index in [9.17, 15) is 19.0 Å². The van der Waals surface area contributed by atoms with Gasteiger partial charge in [-0.25, -0.2) is 4.57 Å². The first kappa shape index (κ1) is 55.2. The van der Waals surface area contributed by atoms with Gasteiger partial charge in [-0.2, -0.15) is 0 Å². The summed E-state index contributed by atoms with van der Waals surface area (Å²) in [6, 6.07) is 0. The number of rotatable bonds is 44. The van der Waals surface area contributed by atoms with E-state index in [0.717, 1.165) is 70.6 Å². The Balaban J connectivity index is 4.00. The highest BCUT2D eigenvalue weighted by molar-refractivity contribution is 7.47. The Morgan fingerprint density at radius 3 is 1.40 bits per heavy atom. The SMILES string of the molecule is CCCC/C=C\CCCCCCCC(=O)OCC(COP(=O)(O)OCCN)OC(=O)CCCCCCCCCCCCCCC/C=C\C/C=C\CCCCCCC. The number of carbonyl (C=O) groups excluding carboxylic acids is 2. The van der Waals surface area contributed by atoms with Crippen LogP contribution in [0.3, 0.4) is 0 Å². The molecule has 2 unspecified atom stereocenters. The van der Waals surface area contributed by atoms with E-state index in [4.69, 9.17) is 24.3 Å². The summed E-state index contributed by atoms with van der Waals surface area (Å²) in [4.78, 5) is 34.9. The molecule has 3 N–H and O–H groups in total. The Labute approximate surface area is 350 Å². The van der Waals surface area contributed by atoms with Crippen LogP contribution in [-0.2, 0) is 32.7 Å². The largest absolute Gasteiger partial charge is 0.472 e. The summed E-state index contributed by atoms with van der Waals surface area (Å²) in [5, 5.41) is 0. The van der Waals surface area contributed by atoms with Crippen LogP contribution in [-0.4, -0.2) is 49.3 Å². The van der Waals surface area contributed by atoms with Crippen LogP contribution >= 0.6 is 7.82 Å². The number of unbranched alkanes of at least 4 members (excludes halogenated alkanes) is 25. The highest BCUT2D eigenvalue weighted by Gasteiger charge is 2.26. The zero-order valence-electron chi connectivity index (χ0n) is 36.8. The maximum Gasteiger partial charge on any atom is 0.472 e. The third-order valence-electron chi connectivity index (χ3n) is 10.00. The summed E-state index contributed by atoms with van der Waals surface area (Å²) in [5.41, 5.74) is 5.35. The standard InChI is InChI=1S/C47H88NO8P/c1-3-5-7-9-11-13-15-16-17-18-19-20-21-22-23-24-25-26-27-28-30-32-34-36-38-40-47(50)56-45(44-55-57(51,52)54-42-41-48)43-53-46(49)39-37-35-33-31-29-14-12-10-8-6-4-2/h10,12,15-16,18-19,45H,3-9,11,13-14,17,20-44,48H2,1-2H3,(H,51,52)/b12-10-,16-15-,19-18-. The highest BCUT2D eigenvalue weighted by atomic mass is 31.2. The number of phosphoric ester groups is 1. The third kappa shape index (κ3) is 43.6. The van der Waals surface area contributed by atoms with Gasteiger partial charge in [0.05, 0.1) is 13.2 Å². The molecule has 2 atom stereocenters. The van der Waals surface area contributed by atoms with Crippen LogP contribution in [0.15, 0.2) is 36.5 Å². The zero-order chi connectivity index (χ0) is 41.8. The zero-order valence-corrected chi connectivity index (χ0v) is 37.7. The smallest absolute Gasteiger partial charge is 0.462 e. The lowest BCUT2D eigenvalue weighted by Gasteiger charge is -2.19. The molecule has 0 radical (unpaired) electrons. The van der Waals surface area contributed by atoms with Gasteiger partial charge in [0.1, 0.15) is 6.61 Å². The minimum Gasteiger partial charge on any atom is -0.462 e. The average molecular weight is 826 g/mol. The fourth-order valence-corrected chi connectivity index (χ4v) is 7.24. The monoisotopic (exact) mass is 826 g/mol. The first-order valence-electron chi connectivity index (χ1n) is 23.5. The van der Waals surface area contributed by atoms with Crippen molar-refractivity contribution in [3.05, 3.63) is 36.5 Å². The molecule has 9 nitrogen and oxygen atoms in total. The van der Waals surface area contributed by atoms with Crippen molar-refractivity contribution in [3.63, 3.8) is 0 Å². The molecule has 0 rings (SSSR count). The van der Waals surface area contributed by atoms with Crippen LogP contribution in [0.4, 0.5) is 0 Å². The minimum absolute atomic E-state index is 0.0524. The maximum atomic E-state index is 12.6. The molecule has 0 aromatic rings. The molecular formula is C47H88NO8P. The van der Waals surface area contributed by atoms with E-state index in [0.29, 0.717) is 6.42 Å². The summed E-state index contributed by atoms with van der Waals surface area (Å²) < 4.78 is 32.8. The van der Waals surface area contributed by atoms with Gasteiger partial charge in [0.25, 0.3) is 0 Å². The topological polar surface area (TPSA) is 134 Å². The van der Waals surface area contributed by atoms with Crippen molar-refractivity contribution in [2.45, 2.75) is 225 Å². The number of hydrogen-bond donors (Lipinski definition) is 2. The first-order chi connectivity index (χ1) is 27.8. The molecule has 0 amide bonds. The van der Waals surface area contributed by atoms with E-state index < -0.39 is 32.5 Å². The molecule has 0 aromatic carbocycles. The van der Waals surface area contributed by atoms with E-state index in [1.807, 2.05) is 0 Å². The van der Waals surface area contributed by atoms with E-state index in [2.05, 4.69) is 50.3 Å². The van der Waals surface area contributed by atoms with Gasteiger partial charge in [0.2, 0.25) is 0 Å². The summed E-state index contributed by atoms with van der Waals surface area (Å²) in [6.45, 7) is 3.68. The molecule has 334 valence electrons. The number of ether oxygens (including phenoxy) is 2. The number of allylic oxidation sites excluding steroid dienone is 6. The molecule has 57 heavy (non-hydrogen) atoms. The van der Waals surface area contributed by atoms with Gasteiger partial charge in [0, 0.05) is 19.4 Å². The fraction of sp³-hybridized carbons (Fsp3) is 0.830. The minimum atomic E-state index is -4.38. The van der Waals surface area contributed by atoms with Crippen molar-refractivity contribution in [3.8, 4) is 0 Å². The summed E-state index contributed by atoms with van der Waals surface area (Å²) in [7, 11) is -4.38. The molecule has 0 saturated heterocycles. The van der Waals surface area contributed by atoms with Gasteiger partial charge in [-0.15, -0.1) is 0 Å². The number of hydrogen-bond acceptors (Lipinski definition) is 8. The lowest BCUT2D eigenvalue weighted by Crippen LogP contribution is -2.29. The highest BCUT2D eigenvalue weighted by Crippen LogP contribution is 2.43. The Bertz CT molecular complexity index is 1030. The average Bonchev–Trinajstić information content (AvgIpc) is 3.20. The molecule has 0 saturated carbocycles. The Kier molecular flexibility index (Phi) is 42.4. The van der Waals surface area contributed by atoms with Gasteiger partial charge >= 0.3 is 19.8 Å². The number of nitrogens with two attached hydrogens (primary N) is 1. The van der Waals surface area contributed by atoms with Crippen molar-refractivity contribution in [2.75, 3.05) is 26.4 Å². The van der Waals surface area contributed by atoms with Crippen LogP contribution in [0.2, 0.25) is 0 Å². The van der Waals surface area contributed by atoms with Crippen molar-refractivity contribution < 1.29 is 37.6 Å². The van der Waals surface area contributed by atoms with Gasteiger partial charge < -0.3 is 20.1 Å². The van der Waals surface area contributed by atoms with E-state index >= 15 is 0 Å². The second-order valence-corrected chi connectivity index (χ2v) is 17.1. The molecule has 0 heterocycles. The predicted molar refractivity (Wildman–Crippen MR) is 238 cm³/mol. The molecule has 0 aliphatic carbocycles. The summed E-state index contributed by atoms with van der Waals surface area (Å²) in [5.74, 6) is -0.837. The Morgan fingerprint density at radius 2 is 0.930 bits per heavy atom. The molecule has 0 aromatic heterocycles. The fourth-order valence-electron chi connectivity index (χ4n) is 6.47. The Morgan fingerprint density at radius 1 is 0.526 bits per heavy atom. The van der Waals surface area contributed by atoms with Gasteiger partial charge in [-0.05, 0) is 64.2 Å². The van der Waals surface area contributed by atoms with E-state index in [1.54, 1.807) is 0 Å². The van der Waals surface area contributed by atoms with Crippen LogP contribution in [0.1, 0.15) is 219 Å². The molecule has 0 aliphatic rings. The summed E-state index contributed by atoms with van der Waals surface area (Å²) in [6.07, 6.45) is 49.0. The first-order valence-corrected chi connectivity index (χ1v) is 25.0. The van der Waals surface area contributed by atoms with Crippen molar-refractivity contribution in [1.82, 2.24) is 0 Å². The maximum absolute atomic E-state index is 12.6. The molecule has 0 bridgehead atoms. The normalized spacial score (nSPS) is 13.5. The van der Waals surface area contributed by atoms with Crippen LogP contribution in [0.25, 0.3) is 0 Å².